The number of aromatic nitrogens is 2. The molecule has 0 amide bonds. The van der Waals surface area contributed by atoms with Crippen molar-refractivity contribution in [2.75, 3.05) is 7.05 Å². The van der Waals surface area contributed by atoms with Crippen LogP contribution in [0.1, 0.15) is 35.7 Å². The predicted molar refractivity (Wildman–Crippen MR) is 73.0 cm³/mol. The molecule has 1 aliphatic rings. The van der Waals surface area contributed by atoms with E-state index in [0.29, 0.717) is 6.04 Å². The van der Waals surface area contributed by atoms with Gasteiger partial charge in [0.2, 0.25) is 0 Å². The zero-order valence-electron chi connectivity index (χ0n) is 11.0. The van der Waals surface area contributed by atoms with E-state index in [1.165, 1.54) is 35.3 Å². The molecule has 18 heavy (non-hydrogen) atoms. The van der Waals surface area contributed by atoms with E-state index in [1.807, 2.05) is 13.2 Å². The Morgan fingerprint density at radius 3 is 3.06 bits per heavy atom. The Morgan fingerprint density at radius 1 is 1.39 bits per heavy atom. The summed E-state index contributed by atoms with van der Waals surface area (Å²) in [6.45, 7) is 2.12. The minimum absolute atomic E-state index is 0.465. The zero-order chi connectivity index (χ0) is 12.5. The fourth-order valence-corrected chi connectivity index (χ4v) is 2.84. The molecule has 2 aromatic rings. The second-order valence-corrected chi connectivity index (χ2v) is 5.03. The molecule has 1 heterocycles. The Bertz CT molecular complexity index is 557. The van der Waals surface area contributed by atoms with E-state index in [9.17, 15) is 0 Å². The highest BCUT2D eigenvalue weighted by atomic mass is 15.3. The molecule has 1 aliphatic carbocycles. The topological polar surface area (TPSA) is 29.9 Å². The lowest BCUT2D eigenvalue weighted by Gasteiger charge is -2.22. The van der Waals surface area contributed by atoms with Gasteiger partial charge in [0.15, 0.2) is 0 Å². The van der Waals surface area contributed by atoms with Crippen molar-refractivity contribution >= 4 is 0 Å². The smallest absolute Gasteiger partial charge is 0.0651 e. The summed E-state index contributed by atoms with van der Waals surface area (Å²) in [5.41, 5.74) is 5.18. The van der Waals surface area contributed by atoms with E-state index in [1.54, 1.807) is 0 Å². The third kappa shape index (κ3) is 1.85. The number of benzene rings is 1. The average molecular weight is 241 g/mol. The summed E-state index contributed by atoms with van der Waals surface area (Å²) >= 11 is 0. The van der Waals surface area contributed by atoms with Gasteiger partial charge < -0.3 is 5.32 Å². The molecule has 1 atom stereocenters. The lowest BCUT2D eigenvalue weighted by Crippen LogP contribution is -2.21. The number of nitrogens with zero attached hydrogens (tertiary/aromatic N) is 2. The minimum Gasteiger partial charge on any atom is -0.313 e. The maximum Gasteiger partial charge on any atom is 0.0651 e. The van der Waals surface area contributed by atoms with Crippen LogP contribution < -0.4 is 5.32 Å². The maximum absolute atomic E-state index is 4.58. The van der Waals surface area contributed by atoms with E-state index < -0.39 is 0 Å². The van der Waals surface area contributed by atoms with Gasteiger partial charge in [-0.15, -0.1) is 0 Å². The largest absolute Gasteiger partial charge is 0.313 e. The van der Waals surface area contributed by atoms with Crippen LogP contribution >= 0.6 is 0 Å². The second-order valence-electron chi connectivity index (χ2n) is 5.03. The highest BCUT2D eigenvalue weighted by Crippen LogP contribution is 2.30. The molecular formula is C15H19N3. The highest BCUT2D eigenvalue weighted by Gasteiger charge is 2.23. The van der Waals surface area contributed by atoms with Crippen LogP contribution in [0.15, 0.2) is 30.5 Å². The normalized spacial score (nSPS) is 18.7. The Balaban J connectivity index is 2.07. The van der Waals surface area contributed by atoms with Gasteiger partial charge in [-0.1, -0.05) is 12.1 Å². The molecule has 0 bridgehead atoms. The molecule has 0 saturated heterocycles. The summed E-state index contributed by atoms with van der Waals surface area (Å²) in [6.07, 6.45) is 5.60. The third-order valence-corrected chi connectivity index (χ3v) is 3.78. The molecule has 3 heteroatoms. The first-order valence-corrected chi connectivity index (χ1v) is 6.60. The van der Waals surface area contributed by atoms with Crippen LogP contribution in [-0.4, -0.2) is 16.8 Å². The molecule has 1 aromatic heterocycles. The van der Waals surface area contributed by atoms with Gasteiger partial charge in [-0.25, -0.2) is 4.68 Å². The number of aryl methyl sites for hydroxylation is 1. The monoisotopic (exact) mass is 241 g/mol. The lowest BCUT2D eigenvalue weighted by molar-refractivity contribution is 0.490. The summed E-state index contributed by atoms with van der Waals surface area (Å²) in [6, 6.07) is 9.00. The van der Waals surface area contributed by atoms with Gasteiger partial charge in [0.1, 0.15) is 0 Å². The number of fused-ring (bicyclic) bond motifs is 1. The zero-order valence-corrected chi connectivity index (χ0v) is 11.0. The number of rotatable bonds is 2. The molecule has 0 spiro atoms. The standard InChI is InChI=1S/C15H19N3/c1-11-5-3-6-12(9-11)18-15-8-4-7-14(16-2)13(15)10-17-18/h3,5-6,9-10,14,16H,4,7-8H2,1-2H3. The van der Waals surface area contributed by atoms with E-state index >= 15 is 0 Å². The Morgan fingerprint density at radius 2 is 2.28 bits per heavy atom. The SMILES string of the molecule is CNC1CCCc2c1cnn2-c1cccc(C)c1. The molecule has 0 radical (unpaired) electrons. The van der Waals surface area contributed by atoms with Crippen LogP contribution in [-0.2, 0) is 6.42 Å². The minimum atomic E-state index is 0.465. The van der Waals surface area contributed by atoms with Crippen LogP contribution in [0.3, 0.4) is 0 Å². The van der Waals surface area contributed by atoms with Gasteiger partial charge in [-0.05, 0) is 50.9 Å². The number of hydrogen-bond donors (Lipinski definition) is 1. The van der Waals surface area contributed by atoms with Crippen LogP contribution in [0.4, 0.5) is 0 Å². The van der Waals surface area contributed by atoms with Gasteiger partial charge in [-0.2, -0.15) is 5.10 Å². The molecule has 3 nitrogen and oxygen atoms in total. The molecule has 1 unspecified atom stereocenters. The predicted octanol–water partition coefficient (Wildman–Crippen LogP) is 2.78. The summed E-state index contributed by atoms with van der Waals surface area (Å²) in [4.78, 5) is 0. The molecule has 0 aliphatic heterocycles. The molecule has 0 saturated carbocycles. The summed E-state index contributed by atoms with van der Waals surface area (Å²) in [5, 5.41) is 7.97. The Hall–Kier alpha value is -1.61. The van der Waals surface area contributed by atoms with Crippen molar-refractivity contribution in [1.82, 2.24) is 15.1 Å². The fraction of sp³-hybridized carbons (Fsp3) is 0.400. The van der Waals surface area contributed by atoms with Crippen LogP contribution in [0.5, 0.6) is 0 Å². The summed E-state index contributed by atoms with van der Waals surface area (Å²) in [5.74, 6) is 0. The van der Waals surface area contributed by atoms with E-state index in [4.69, 9.17) is 0 Å². The van der Waals surface area contributed by atoms with Crippen molar-refractivity contribution in [1.29, 1.82) is 0 Å². The van der Waals surface area contributed by atoms with Gasteiger partial charge in [0.05, 0.1) is 11.9 Å². The van der Waals surface area contributed by atoms with Crippen molar-refractivity contribution in [3.05, 3.63) is 47.3 Å². The van der Waals surface area contributed by atoms with E-state index in [-0.39, 0.29) is 0 Å². The number of hydrogen-bond acceptors (Lipinski definition) is 2. The molecule has 1 N–H and O–H groups in total. The van der Waals surface area contributed by atoms with Gasteiger partial charge in [0.25, 0.3) is 0 Å². The Labute approximate surface area is 108 Å². The van der Waals surface area contributed by atoms with Crippen molar-refractivity contribution in [2.24, 2.45) is 0 Å². The van der Waals surface area contributed by atoms with Gasteiger partial charge in [-0.3, -0.25) is 0 Å². The summed E-state index contributed by atoms with van der Waals surface area (Å²) < 4.78 is 2.10. The molecule has 1 aromatic carbocycles. The van der Waals surface area contributed by atoms with Crippen LogP contribution in [0, 0.1) is 6.92 Å². The van der Waals surface area contributed by atoms with Crippen LogP contribution in [0.2, 0.25) is 0 Å². The molecule has 0 fully saturated rings. The number of nitrogens with one attached hydrogen (secondary N) is 1. The third-order valence-electron chi connectivity index (χ3n) is 3.78. The second kappa shape index (κ2) is 4.58. The summed E-state index contributed by atoms with van der Waals surface area (Å²) in [7, 11) is 2.03. The quantitative estimate of drug-likeness (QED) is 0.876. The van der Waals surface area contributed by atoms with Crippen molar-refractivity contribution < 1.29 is 0 Å². The first kappa shape index (κ1) is 11.5. The average Bonchev–Trinajstić information content (AvgIpc) is 2.82. The van der Waals surface area contributed by atoms with E-state index in [0.717, 1.165) is 6.42 Å². The molecule has 3 rings (SSSR count). The van der Waals surface area contributed by atoms with Crippen molar-refractivity contribution in [3.8, 4) is 5.69 Å². The highest BCUT2D eigenvalue weighted by molar-refractivity contribution is 5.39. The van der Waals surface area contributed by atoms with E-state index in [2.05, 4.69) is 46.3 Å². The molecule has 94 valence electrons. The van der Waals surface area contributed by atoms with Crippen LogP contribution in [0.25, 0.3) is 5.69 Å². The first-order valence-electron chi connectivity index (χ1n) is 6.60. The van der Waals surface area contributed by atoms with Gasteiger partial charge in [0, 0.05) is 17.3 Å². The van der Waals surface area contributed by atoms with Crippen molar-refractivity contribution in [2.45, 2.75) is 32.2 Å². The molecular weight excluding hydrogens is 222 g/mol. The maximum atomic E-state index is 4.58. The fourth-order valence-electron chi connectivity index (χ4n) is 2.84. The lowest BCUT2D eigenvalue weighted by atomic mass is 9.93. The van der Waals surface area contributed by atoms with Crippen molar-refractivity contribution in [3.63, 3.8) is 0 Å². The first-order chi connectivity index (χ1) is 8.79. The van der Waals surface area contributed by atoms with Gasteiger partial charge >= 0.3 is 0 Å². The Kier molecular flexibility index (Phi) is 2.92.